The zero-order valence-corrected chi connectivity index (χ0v) is 11.9. The Hall–Kier alpha value is -1.58. The summed E-state index contributed by atoms with van der Waals surface area (Å²) in [7, 11) is 0. The summed E-state index contributed by atoms with van der Waals surface area (Å²) in [5, 5.41) is 2.49. The molecule has 0 amide bonds. The Labute approximate surface area is 120 Å². The van der Waals surface area contributed by atoms with Crippen LogP contribution in [-0.4, -0.2) is 0 Å². The molecule has 1 unspecified atom stereocenters. The summed E-state index contributed by atoms with van der Waals surface area (Å²) in [4.78, 5) is 0. The smallest absolute Gasteiger partial charge is 0.134 e. The molecule has 1 aromatic heterocycles. The summed E-state index contributed by atoms with van der Waals surface area (Å²) in [5.41, 5.74) is 7.41. The molecule has 0 bridgehead atoms. The third kappa shape index (κ3) is 2.57. The summed E-state index contributed by atoms with van der Waals surface area (Å²) < 4.78 is 6.35. The number of hydrogen-bond donors (Lipinski definition) is 1. The van der Waals surface area contributed by atoms with E-state index in [-0.39, 0.29) is 6.04 Å². The molecule has 0 aliphatic carbocycles. The first-order valence-corrected chi connectivity index (χ1v) is 6.99. The van der Waals surface area contributed by atoms with Crippen LogP contribution in [0.5, 0.6) is 0 Å². The molecule has 0 spiro atoms. The van der Waals surface area contributed by atoms with Gasteiger partial charge in [0.2, 0.25) is 0 Å². The Morgan fingerprint density at radius 2 is 1.84 bits per heavy atom. The molecule has 3 aromatic rings. The molecule has 2 N–H and O–H groups in total. The van der Waals surface area contributed by atoms with E-state index in [0.29, 0.717) is 0 Å². The molecule has 3 rings (SSSR count). The van der Waals surface area contributed by atoms with Gasteiger partial charge in [-0.1, -0.05) is 42.5 Å². The molecule has 1 heterocycles. The SMILES string of the molecule is NC(Cc1ccc2ccccc2c1)c1occc1Br. The van der Waals surface area contributed by atoms with Crippen LogP contribution in [0.2, 0.25) is 0 Å². The first-order valence-electron chi connectivity index (χ1n) is 6.20. The monoisotopic (exact) mass is 315 g/mol. The normalized spacial score (nSPS) is 12.7. The second-order valence-electron chi connectivity index (χ2n) is 4.62. The fourth-order valence-corrected chi connectivity index (χ4v) is 2.78. The number of hydrogen-bond acceptors (Lipinski definition) is 2. The minimum atomic E-state index is -0.134. The van der Waals surface area contributed by atoms with Crippen molar-refractivity contribution in [1.82, 2.24) is 0 Å². The Kier molecular flexibility index (Phi) is 3.40. The number of benzene rings is 2. The van der Waals surface area contributed by atoms with Gasteiger partial charge in [0.25, 0.3) is 0 Å². The molecule has 1 atom stereocenters. The van der Waals surface area contributed by atoms with Gasteiger partial charge in [0.05, 0.1) is 16.8 Å². The van der Waals surface area contributed by atoms with Crippen LogP contribution in [0.4, 0.5) is 0 Å². The molecule has 0 saturated carbocycles. The van der Waals surface area contributed by atoms with Crippen molar-refractivity contribution >= 4 is 26.7 Å². The average Bonchev–Trinajstić information content (AvgIpc) is 2.85. The van der Waals surface area contributed by atoms with E-state index in [1.165, 1.54) is 16.3 Å². The summed E-state index contributed by atoms with van der Waals surface area (Å²) in [6, 6.07) is 16.5. The van der Waals surface area contributed by atoms with Gasteiger partial charge < -0.3 is 10.2 Å². The molecule has 0 fully saturated rings. The number of nitrogens with two attached hydrogens (primary N) is 1. The maximum atomic E-state index is 6.19. The van der Waals surface area contributed by atoms with E-state index in [0.717, 1.165) is 16.7 Å². The van der Waals surface area contributed by atoms with Gasteiger partial charge in [-0.15, -0.1) is 0 Å². The summed E-state index contributed by atoms with van der Waals surface area (Å²) in [6.07, 6.45) is 2.41. The molecule has 96 valence electrons. The van der Waals surface area contributed by atoms with Crippen molar-refractivity contribution < 1.29 is 4.42 Å². The lowest BCUT2D eigenvalue weighted by Crippen LogP contribution is -2.12. The Balaban J connectivity index is 1.87. The highest BCUT2D eigenvalue weighted by Crippen LogP contribution is 2.26. The largest absolute Gasteiger partial charge is 0.466 e. The third-order valence-corrected chi connectivity index (χ3v) is 3.91. The highest BCUT2D eigenvalue weighted by Gasteiger charge is 2.14. The van der Waals surface area contributed by atoms with Crippen molar-refractivity contribution in [2.24, 2.45) is 5.73 Å². The Morgan fingerprint density at radius 3 is 2.58 bits per heavy atom. The first kappa shape index (κ1) is 12.5. The molecular weight excluding hydrogens is 302 g/mol. The second kappa shape index (κ2) is 5.19. The van der Waals surface area contributed by atoms with Crippen molar-refractivity contribution in [2.75, 3.05) is 0 Å². The Bertz CT molecular complexity index is 705. The van der Waals surface area contributed by atoms with Crippen LogP contribution < -0.4 is 5.73 Å². The van der Waals surface area contributed by atoms with E-state index in [2.05, 4.69) is 52.3 Å². The minimum absolute atomic E-state index is 0.134. The van der Waals surface area contributed by atoms with E-state index in [9.17, 15) is 0 Å². The average molecular weight is 316 g/mol. The molecule has 0 aliphatic heterocycles. The molecule has 3 heteroatoms. The van der Waals surface area contributed by atoms with Crippen LogP contribution in [0, 0.1) is 0 Å². The fraction of sp³-hybridized carbons (Fsp3) is 0.125. The van der Waals surface area contributed by atoms with Crippen molar-refractivity contribution in [2.45, 2.75) is 12.5 Å². The van der Waals surface area contributed by atoms with Crippen LogP contribution in [0.15, 0.2) is 63.7 Å². The van der Waals surface area contributed by atoms with E-state index < -0.39 is 0 Å². The topological polar surface area (TPSA) is 39.2 Å². The van der Waals surface area contributed by atoms with Crippen molar-refractivity contribution in [1.29, 1.82) is 0 Å². The minimum Gasteiger partial charge on any atom is -0.466 e. The van der Waals surface area contributed by atoms with Crippen molar-refractivity contribution in [3.05, 3.63) is 70.6 Å². The number of furan rings is 1. The van der Waals surface area contributed by atoms with Gasteiger partial charge >= 0.3 is 0 Å². The van der Waals surface area contributed by atoms with Crippen LogP contribution in [0.3, 0.4) is 0 Å². The number of halogens is 1. The van der Waals surface area contributed by atoms with E-state index in [4.69, 9.17) is 10.2 Å². The maximum absolute atomic E-state index is 6.19. The van der Waals surface area contributed by atoms with Crippen LogP contribution in [0.1, 0.15) is 17.4 Å². The number of rotatable bonds is 3. The maximum Gasteiger partial charge on any atom is 0.134 e. The highest BCUT2D eigenvalue weighted by molar-refractivity contribution is 9.10. The molecule has 2 nitrogen and oxygen atoms in total. The fourth-order valence-electron chi connectivity index (χ4n) is 2.28. The van der Waals surface area contributed by atoms with Crippen molar-refractivity contribution in [3.8, 4) is 0 Å². The van der Waals surface area contributed by atoms with Gasteiger partial charge in [0.1, 0.15) is 5.76 Å². The van der Waals surface area contributed by atoms with Gasteiger partial charge in [-0.3, -0.25) is 0 Å². The first-order chi connectivity index (χ1) is 9.24. The lowest BCUT2D eigenvalue weighted by Gasteiger charge is -2.10. The second-order valence-corrected chi connectivity index (χ2v) is 5.48. The third-order valence-electron chi connectivity index (χ3n) is 3.25. The molecular formula is C16H14BrNO. The van der Waals surface area contributed by atoms with Crippen LogP contribution >= 0.6 is 15.9 Å². The van der Waals surface area contributed by atoms with Gasteiger partial charge in [-0.25, -0.2) is 0 Å². The van der Waals surface area contributed by atoms with Gasteiger partial charge in [0, 0.05) is 0 Å². The van der Waals surface area contributed by atoms with E-state index in [1.807, 2.05) is 12.1 Å². The lowest BCUT2D eigenvalue weighted by atomic mass is 10.0. The molecule has 19 heavy (non-hydrogen) atoms. The predicted octanol–water partition coefficient (Wildman–Crippen LogP) is 4.44. The molecule has 0 aliphatic rings. The lowest BCUT2D eigenvalue weighted by molar-refractivity contribution is 0.462. The van der Waals surface area contributed by atoms with Gasteiger partial charge in [-0.05, 0) is 44.8 Å². The zero-order valence-electron chi connectivity index (χ0n) is 10.3. The van der Waals surface area contributed by atoms with Gasteiger partial charge in [0.15, 0.2) is 0 Å². The number of fused-ring (bicyclic) bond motifs is 1. The predicted molar refractivity (Wildman–Crippen MR) is 81.0 cm³/mol. The van der Waals surface area contributed by atoms with E-state index >= 15 is 0 Å². The van der Waals surface area contributed by atoms with Crippen LogP contribution in [-0.2, 0) is 6.42 Å². The van der Waals surface area contributed by atoms with Gasteiger partial charge in [-0.2, -0.15) is 0 Å². The summed E-state index contributed by atoms with van der Waals surface area (Å²) in [6.45, 7) is 0. The Morgan fingerprint density at radius 1 is 1.05 bits per heavy atom. The molecule has 0 saturated heterocycles. The standard InChI is InChI=1S/C16H14BrNO/c17-14-7-8-19-16(14)15(18)10-11-5-6-12-3-1-2-4-13(12)9-11/h1-9,15H,10,18H2. The highest BCUT2D eigenvalue weighted by atomic mass is 79.9. The van der Waals surface area contributed by atoms with E-state index in [1.54, 1.807) is 6.26 Å². The molecule has 0 radical (unpaired) electrons. The molecule has 2 aromatic carbocycles. The van der Waals surface area contributed by atoms with Crippen LogP contribution in [0.25, 0.3) is 10.8 Å². The summed E-state index contributed by atoms with van der Waals surface area (Å²) in [5.74, 6) is 0.799. The zero-order chi connectivity index (χ0) is 13.2. The summed E-state index contributed by atoms with van der Waals surface area (Å²) >= 11 is 3.45. The quantitative estimate of drug-likeness (QED) is 0.776. The van der Waals surface area contributed by atoms with Crippen molar-refractivity contribution in [3.63, 3.8) is 0 Å².